The Labute approximate surface area is 224 Å². The number of nitrogens with one attached hydrogen (secondary N) is 2. The Hall–Kier alpha value is -4.00. The van der Waals surface area contributed by atoms with Gasteiger partial charge in [-0.25, -0.2) is 0 Å². The van der Waals surface area contributed by atoms with Gasteiger partial charge in [0.05, 0.1) is 13.2 Å². The van der Waals surface area contributed by atoms with Crippen LogP contribution in [0.2, 0.25) is 0 Å². The highest BCUT2D eigenvalue weighted by Gasteiger charge is 2.13. The Morgan fingerprint density at radius 2 is 1.76 bits per heavy atom. The van der Waals surface area contributed by atoms with Crippen LogP contribution in [0.3, 0.4) is 0 Å². The Morgan fingerprint density at radius 1 is 0.974 bits per heavy atom. The fourth-order valence-electron chi connectivity index (χ4n) is 4.36. The number of carbonyl (C=O) groups excluding carboxylic acids is 2. The molecule has 0 fully saturated rings. The molecule has 0 aromatic heterocycles. The number of amides is 2. The zero-order valence-corrected chi connectivity index (χ0v) is 22.2. The van der Waals surface area contributed by atoms with Crippen LogP contribution in [0.4, 0.5) is 0 Å². The maximum atomic E-state index is 11.8. The van der Waals surface area contributed by atoms with Gasteiger partial charge in [-0.3, -0.25) is 9.59 Å². The molecule has 0 bridgehead atoms. The van der Waals surface area contributed by atoms with Crippen LogP contribution in [0.15, 0.2) is 60.2 Å². The van der Waals surface area contributed by atoms with E-state index >= 15 is 0 Å². The molecular weight excluding hydrogens is 480 g/mol. The molecule has 0 atom stereocenters. The van der Waals surface area contributed by atoms with Crippen molar-refractivity contribution in [2.75, 3.05) is 32.9 Å². The van der Waals surface area contributed by atoms with Gasteiger partial charge in [0.1, 0.15) is 23.9 Å². The van der Waals surface area contributed by atoms with E-state index in [2.05, 4.69) is 41.0 Å². The lowest BCUT2D eigenvalue weighted by atomic mass is 10.0. The number of hydrogen-bond donors (Lipinski definition) is 2. The van der Waals surface area contributed by atoms with Gasteiger partial charge in [0.25, 0.3) is 0 Å². The van der Waals surface area contributed by atoms with Gasteiger partial charge in [0.2, 0.25) is 11.8 Å². The first-order chi connectivity index (χ1) is 18.5. The Kier molecular flexibility index (Phi) is 9.62. The highest BCUT2D eigenvalue weighted by atomic mass is 16.5. The number of ether oxygens (including phenoxy) is 3. The summed E-state index contributed by atoms with van der Waals surface area (Å²) in [6, 6.07) is 18.1. The number of carbonyl (C=O) groups is 2. The Balaban J connectivity index is 1.26. The number of rotatable bonds is 13. The van der Waals surface area contributed by atoms with Crippen LogP contribution in [0.1, 0.15) is 44.2 Å². The third-order valence-corrected chi connectivity index (χ3v) is 6.28. The number of hydrogen-bond acceptors (Lipinski definition) is 5. The summed E-state index contributed by atoms with van der Waals surface area (Å²) in [6.45, 7) is 6.16. The topological polar surface area (TPSA) is 85.9 Å². The van der Waals surface area contributed by atoms with E-state index in [1.165, 1.54) is 12.5 Å². The summed E-state index contributed by atoms with van der Waals surface area (Å²) in [7, 11) is 0. The molecule has 0 saturated carbocycles. The molecule has 4 rings (SSSR count). The molecule has 2 amide bonds. The lowest BCUT2D eigenvalue weighted by Gasteiger charge is -2.19. The van der Waals surface area contributed by atoms with Crippen molar-refractivity contribution in [1.29, 1.82) is 0 Å². The standard InChI is InChI=1S/C31H36N2O5/c1-3-6-31(35)33-20-23-17-26-18-27(11-12-30(26)38-21-23)36-15-5-16-37-28-10-9-24-7-4-8-25(29(24)19-28)13-14-32-22(2)34/h4,7-12,17-19H,3,5-6,13-16,20-21H2,1-2H3,(H,32,34)(H,33,35). The van der Waals surface area contributed by atoms with Gasteiger partial charge in [-0.05, 0) is 71.2 Å². The molecule has 2 N–H and O–H groups in total. The Bertz CT molecular complexity index is 1300. The third kappa shape index (κ3) is 7.75. The fourth-order valence-corrected chi connectivity index (χ4v) is 4.36. The van der Waals surface area contributed by atoms with E-state index in [0.29, 0.717) is 39.3 Å². The molecule has 1 heterocycles. The summed E-state index contributed by atoms with van der Waals surface area (Å²) in [5.41, 5.74) is 3.17. The molecule has 0 aliphatic carbocycles. The van der Waals surface area contributed by atoms with Crippen molar-refractivity contribution in [3.05, 3.63) is 71.3 Å². The van der Waals surface area contributed by atoms with Crippen LogP contribution in [0, 0.1) is 0 Å². The SMILES string of the molecule is CCCC(=O)NCC1=Cc2cc(OCCCOc3ccc4cccc(CCNC(C)=O)c4c3)ccc2OC1. The van der Waals surface area contributed by atoms with E-state index < -0.39 is 0 Å². The summed E-state index contributed by atoms with van der Waals surface area (Å²) in [5, 5.41) is 8.09. The lowest BCUT2D eigenvalue weighted by Crippen LogP contribution is -2.27. The van der Waals surface area contributed by atoms with Crippen molar-refractivity contribution in [2.24, 2.45) is 0 Å². The summed E-state index contributed by atoms with van der Waals surface area (Å²) < 4.78 is 17.8. The van der Waals surface area contributed by atoms with E-state index in [4.69, 9.17) is 14.2 Å². The predicted octanol–water partition coefficient (Wildman–Crippen LogP) is 5.06. The summed E-state index contributed by atoms with van der Waals surface area (Å²) in [5.74, 6) is 2.45. The van der Waals surface area contributed by atoms with Crippen molar-refractivity contribution < 1.29 is 23.8 Å². The van der Waals surface area contributed by atoms with E-state index in [0.717, 1.165) is 58.4 Å². The molecule has 3 aromatic carbocycles. The first-order valence-electron chi connectivity index (χ1n) is 13.3. The van der Waals surface area contributed by atoms with E-state index in [1.807, 2.05) is 37.3 Å². The molecule has 0 unspecified atom stereocenters. The number of benzene rings is 3. The van der Waals surface area contributed by atoms with Crippen LogP contribution in [0.5, 0.6) is 17.2 Å². The van der Waals surface area contributed by atoms with E-state index in [1.54, 1.807) is 0 Å². The van der Waals surface area contributed by atoms with Crippen LogP contribution in [0.25, 0.3) is 16.8 Å². The molecule has 7 nitrogen and oxygen atoms in total. The van der Waals surface area contributed by atoms with E-state index in [-0.39, 0.29) is 11.8 Å². The molecule has 0 radical (unpaired) electrons. The smallest absolute Gasteiger partial charge is 0.220 e. The van der Waals surface area contributed by atoms with Crippen LogP contribution >= 0.6 is 0 Å². The Morgan fingerprint density at radius 3 is 2.55 bits per heavy atom. The van der Waals surface area contributed by atoms with Gasteiger partial charge in [-0.15, -0.1) is 0 Å². The molecule has 200 valence electrons. The van der Waals surface area contributed by atoms with Gasteiger partial charge < -0.3 is 24.8 Å². The molecule has 0 spiro atoms. The monoisotopic (exact) mass is 516 g/mol. The molecule has 0 saturated heterocycles. The summed E-state index contributed by atoms with van der Waals surface area (Å²) >= 11 is 0. The normalized spacial score (nSPS) is 12.2. The highest BCUT2D eigenvalue weighted by Crippen LogP contribution is 2.30. The molecule has 1 aliphatic heterocycles. The minimum atomic E-state index is -0.0193. The van der Waals surface area contributed by atoms with Crippen molar-refractivity contribution in [2.45, 2.75) is 39.5 Å². The molecule has 7 heteroatoms. The van der Waals surface area contributed by atoms with Gasteiger partial charge in [0, 0.05) is 38.4 Å². The lowest BCUT2D eigenvalue weighted by molar-refractivity contribution is -0.121. The second kappa shape index (κ2) is 13.5. The number of fused-ring (bicyclic) bond motifs is 2. The molecule has 38 heavy (non-hydrogen) atoms. The van der Waals surface area contributed by atoms with Gasteiger partial charge in [0.15, 0.2) is 0 Å². The average Bonchev–Trinajstić information content (AvgIpc) is 2.91. The quantitative estimate of drug-likeness (QED) is 0.310. The fraction of sp³-hybridized carbons (Fsp3) is 0.355. The molecular formula is C31H36N2O5. The second-order valence-electron chi connectivity index (χ2n) is 9.40. The van der Waals surface area contributed by atoms with Gasteiger partial charge in [-0.1, -0.05) is 31.2 Å². The maximum absolute atomic E-state index is 11.8. The van der Waals surface area contributed by atoms with Crippen LogP contribution in [-0.4, -0.2) is 44.7 Å². The predicted molar refractivity (Wildman–Crippen MR) is 150 cm³/mol. The van der Waals surface area contributed by atoms with Gasteiger partial charge >= 0.3 is 0 Å². The molecule has 3 aromatic rings. The van der Waals surface area contributed by atoms with Crippen molar-refractivity contribution in [3.8, 4) is 17.2 Å². The largest absolute Gasteiger partial charge is 0.493 e. The third-order valence-electron chi connectivity index (χ3n) is 6.28. The van der Waals surface area contributed by atoms with Gasteiger partial charge in [-0.2, -0.15) is 0 Å². The average molecular weight is 517 g/mol. The first kappa shape index (κ1) is 27.0. The molecule has 1 aliphatic rings. The second-order valence-corrected chi connectivity index (χ2v) is 9.40. The maximum Gasteiger partial charge on any atom is 0.220 e. The van der Waals surface area contributed by atoms with Crippen LogP contribution < -0.4 is 24.8 Å². The van der Waals surface area contributed by atoms with Crippen LogP contribution in [-0.2, 0) is 16.0 Å². The van der Waals surface area contributed by atoms with Crippen molar-refractivity contribution in [1.82, 2.24) is 10.6 Å². The summed E-state index contributed by atoms with van der Waals surface area (Å²) in [6.07, 6.45) is 4.93. The highest BCUT2D eigenvalue weighted by molar-refractivity contribution is 5.87. The van der Waals surface area contributed by atoms with Crippen molar-refractivity contribution in [3.63, 3.8) is 0 Å². The first-order valence-corrected chi connectivity index (χ1v) is 13.3. The minimum Gasteiger partial charge on any atom is -0.493 e. The summed E-state index contributed by atoms with van der Waals surface area (Å²) in [4.78, 5) is 22.9. The minimum absolute atomic E-state index is 0.0193. The van der Waals surface area contributed by atoms with E-state index in [9.17, 15) is 9.59 Å². The zero-order valence-electron chi connectivity index (χ0n) is 22.2. The van der Waals surface area contributed by atoms with Crippen molar-refractivity contribution >= 4 is 28.7 Å². The zero-order chi connectivity index (χ0) is 26.7.